The first kappa shape index (κ1) is 17.3. The van der Waals surface area contributed by atoms with Gasteiger partial charge in [-0.15, -0.1) is 10.2 Å². The molecule has 0 saturated heterocycles. The van der Waals surface area contributed by atoms with Crippen molar-refractivity contribution in [1.82, 2.24) is 10.2 Å². The molecule has 0 unspecified atom stereocenters. The number of hydrogen-bond donors (Lipinski definition) is 0. The highest BCUT2D eigenvalue weighted by Crippen LogP contribution is 2.39. The number of aryl methyl sites for hydroxylation is 1. The molecule has 3 aromatic rings. The molecule has 1 aromatic heterocycles. The molecule has 1 heterocycles. The molecule has 0 aliphatic rings. The molecule has 0 saturated carbocycles. The maximum absolute atomic E-state index is 5.81. The standard InChI is InChI=1S/C18H17BrN2O4/c1-11-8-14(22-2)17(15(9-11)23-3)24-10-16-20-21-18(25-16)12-6-4-5-7-13(12)19/h4-9H,10H2,1-3H3. The van der Waals surface area contributed by atoms with Crippen molar-refractivity contribution in [3.8, 4) is 28.7 Å². The molecule has 0 fully saturated rings. The molecule has 0 aliphatic heterocycles. The molecular formula is C18H17BrN2O4. The summed E-state index contributed by atoms with van der Waals surface area (Å²) < 4.78 is 23.1. The lowest BCUT2D eigenvalue weighted by molar-refractivity contribution is 0.238. The van der Waals surface area contributed by atoms with Crippen molar-refractivity contribution in [2.24, 2.45) is 0 Å². The highest BCUT2D eigenvalue weighted by molar-refractivity contribution is 9.10. The normalized spacial score (nSPS) is 10.6. The molecule has 0 amide bonds. The number of methoxy groups -OCH3 is 2. The van der Waals surface area contributed by atoms with Crippen LogP contribution in [-0.4, -0.2) is 24.4 Å². The summed E-state index contributed by atoms with van der Waals surface area (Å²) in [7, 11) is 3.16. The summed E-state index contributed by atoms with van der Waals surface area (Å²) in [5, 5.41) is 8.10. The van der Waals surface area contributed by atoms with Crippen molar-refractivity contribution < 1.29 is 18.6 Å². The van der Waals surface area contributed by atoms with Crippen LogP contribution in [0, 0.1) is 6.92 Å². The first-order valence-electron chi connectivity index (χ1n) is 7.55. The van der Waals surface area contributed by atoms with E-state index in [0.717, 1.165) is 15.6 Å². The first-order chi connectivity index (χ1) is 12.1. The fourth-order valence-corrected chi connectivity index (χ4v) is 2.80. The molecule has 0 bridgehead atoms. The van der Waals surface area contributed by atoms with Crippen molar-refractivity contribution in [3.63, 3.8) is 0 Å². The SMILES string of the molecule is COc1cc(C)cc(OC)c1OCc1nnc(-c2ccccc2Br)o1. The van der Waals surface area contributed by atoms with Gasteiger partial charge < -0.3 is 18.6 Å². The van der Waals surface area contributed by atoms with E-state index in [1.54, 1.807) is 14.2 Å². The fourth-order valence-electron chi connectivity index (χ4n) is 2.34. The zero-order valence-electron chi connectivity index (χ0n) is 14.1. The molecule has 130 valence electrons. The summed E-state index contributed by atoms with van der Waals surface area (Å²) in [6.45, 7) is 2.06. The summed E-state index contributed by atoms with van der Waals surface area (Å²) in [4.78, 5) is 0. The molecule has 0 spiro atoms. The van der Waals surface area contributed by atoms with Gasteiger partial charge in [0, 0.05) is 4.47 Å². The Bertz CT molecular complexity index is 854. The predicted molar refractivity (Wildman–Crippen MR) is 96.0 cm³/mol. The summed E-state index contributed by atoms with van der Waals surface area (Å²) in [6, 6.07) is 11.4. The van der Waals surface area contributed by atoms with Crippen LogP contribution in [0.5, 0.6) is 17.2 Å². The van der Waals surface area contributed by atoms with Crippen molar-refractivity contribution in [2.45, 2.75) is 13.5 Å². The Hall–Kier alpha value is -2.54. The smallest absolute Gasteiger partial charge is 0.254 e. The first-order valence-corrected chi connectivity index (χ1v) is 8.34. The van der Waals surface area contributed by atoms with Crippen LogP contribution in [0.1, 0.15) is 11.5 Å². The van der Waals surface area contributed by atoms with Crippen LogP contribution in [0.25, 0.3) is 11.5 Å². The van der Waals surface area contributed by atoms with Gasteiger partial charge in [-0.05, 0) is 52.7 Å². The van der Waals surface area contributed by atoms with Gasteiger partial charge in [-0.3, -0.25) is 0 Å². The van der Waals surface area contributed by atoms with E-state index < -0.39 is 0 Å². The van der Waals surface area contributed by atoms with Crippen LogP contribution in [-0.2, 0) is 6.61 Å². The Kier molecular flexibility index (Phi) is 5.23. The van der Waals surface area contributed by atoms with E-state index in [1.165, 1.54) is 0 Å². The van der Waals surface area contributed by atoms with E-state index in [-0.39, 0.29) is 6.61 Å². The molecule has 0 aliphatic carbocycles. The second-order valence-electron chi connectivity index (χ2n) is 5.27. The quantitative estimate of drug-likeness (QED) is 0.606. The summed E-state index contributed by atoms with van der Waals surface area (Å²) in [5.41, 5.74) is 1.84. The van der Waals surface area contributed by atoms with Gasteiger partial charge >= 0.3 is 0 Å². The van der Waals surface area contributed by atoms with Gasteiger partial charge in [-0.25, -0.2) is 0 Å². The lowest BCUT2D eigenvalue weighted by Crippen LogP contribution is -2.01. The van der Waals surface area contributed by atoms with Crippen LogP contribution in [0.2, 0.25) is 0 Å². The Labute approximate surface area is 153 Å². The minimum atomic E-state index is 0.104. The minimum Gasteiger partial charge on any atom is -0.493 e. The monoisotopic (exact) mass is 404 g/mol. The predicted octanol–water partition coefficient (Wildman–Crippen LogP) is 4.40. The number of hydrogen-bond acceptors (Lipinski definition) is 6. The topological polar surface area (TPSA) is 66.6 Å². The lowest BCUT2D eigenvalue weighted by Gasteiger charge is -2.14. The molecule has 0 atom stereocenters. The average molecular weight is 405 g/mol. The van der Waals surface area contributed by atoms with Gasteiger partial charge in [0.05, 0.1) is 19.8 Å². The zero-order valence-corrected chi connectivity index (χ0v) is 15.7. The highest BCUT2D eigenvalue weighted by atomic mass is 79.9. The molecule has 3 rings (SSSR count). The van der Waals surface area contributed by atoms with Crippen molar-refractivity contribution in [2.75, 3.05) is 14.2 Å². The van der Waals surface area contributed by atoms with Gasteiger partial charge in [0.25, 0.3) is 5.89 Å². The van der Waals surface area contributed by atoms with Crippen molar-refractivity contribution >= 4 is 15.9 Å². The number of nitrogens with zero attached hydrogens (tertiary/aromatic N) is 2. The van der Waals surface area contributed by atoms with Gasteiger partial charge in [-0.2, -0.15) is 0 Å². The van der Waals surface area contributed by atoms with E-state index in [9.17, 15) is 0 Å². The van der Waals surface area contributed by atoms with Gasteiger partial charge in [0.15, 0.2) is 18.1 Å². The summed E-state index contributed by atoms with van der Waals surface area (Å²) in [5.74, 6) is 2.45. The van der Waals surface area contributed by atoms with Crippen molar-refractivity contribution in [1.29, 1.82) is 0 Å². The van der Waals surface area contributed by atoms with Crippen molar-refractivity contribution in [3.05, 3.63) is 52.3 Å². The lowest BCUT2D eigenvalue weighted by atomic mass is 10.2. The summed E-state index contributed by atoms with van der Waals surface area (Å²) >= 11 is 3.47. The van der Waals surface area contributed by atoms with Crippen LogP contribution >= 0.6 is 15.9 Å². The molecule has 2 aromatic carbocycles. The van der Waals surface area contributed by atoms with Crippen LogP contribution in [0.3, 0.4) is 0 Å². The third-order valence-corrected chi connectivity index (χ3v) is 4.21. The average Bonchev–Trinajstić information content (AvgIpc) is 3.08. The fraction of sp³-hybridized carbons (Fsp3) is 0.222. The van der Waals surface area contributed by atoms with Crippen LogP contribution in [0.4, 0.5) is 0 Å². The number of halogens is 1. The molecular weight excluding hydrogens is 388 g/mol. The largest absolute Gasteiger partial charge is 0.493 e. The molecule has 0 radical (unpaired) electrons. The van der Waals surface area contributed by atoms with Crippen LogP contribution in [0.15, 0.2) is 45.3 Å². The number of ether oxygens (including phenoxy) is 3. The summed E-state index contributed by atoms with van der Waals surface area (Å²) in [6.07, 6.45) is 0. The highest BCUT2D eigenvalue weighted by Gasteiger charge is 2.16. The van der Waals surface area contributed by atoms with Gasteiger partial charge in [-0.1, -0.05) is 12.1 Å². The second kappa shape index (κ2) is 7.57. The Morgan fingerprint density at radius 1 is 1.04 bits per heavy atom. The third-order valence-electron chi connectivity index (χ3n) is 3.52. The second-order valence-corrected chi connectivity index (χ2v) is 6.12. The Balaban J connectivity index is 1.80. The van der Waals surface area contributed by atoms with Gasteiger partial charge in [0.1, 0.15) is 0 Å². The van der Waals surface area contributed by atoms with E-state index >= 15 is 0 Å². The Morgan fingerprint density at radius 2 is 1.72 bits per heavy atom. The maximum atomic E-state index is 5.81. The number of rotatable bonds is 6. The Morgan fingerprint density at radius 3 is 2.36 bits per heavy atom. The van der Waals surface area contributed by atoms with Crippen LogP contribution < -0.4 is 14.2 Å². The number of aromatic nitrogens is 2. The van der Waals surface area contributed by atoms with E-state index in [4.69, 9.17) is 18.6 Å². The van der Waals surface area contributed by atoms with E-state index in [0.29, 0.717) is 29.0 Å². The maximum Gasteiger partial charge on any atom is 0.254 e. The number of benzene rings is 2. The minimum absolute atomic E-state index is 0.104. The van der Waals surface area contributed by atoms with Gasteiger partial charge in [0.2, 0.25) is 11.6 Å². The molecule has 25 heavy (non-hydrogen) atoms. The third kappa shape index (κ3) is 3.76. The molecule has 0 N–H and O–H groups in total. The molecule has 7 heteroatoms. The van der Waals surface area contributed by atoms with E-state index in [1.807, 2.05) is 43.3 Å². The molecule has 6 nitrogen and oxygen atoms in total. The van der Waals surface area contributed by atoms with E-state index in [2.05, 4.69) is 26.1 Å². The zero-order chi connectivity index (χ0) is 17.8.